The van der Waals surface area contributed by atoms with Gasteiger partial charge in [-0.2, -0.15) is 13.2 Å². The van der Waals surface area contributed by atoms with E-state index in [4.69, 9.17) is 32.7 Å². The predicted molar refractivity (Wildman–Crippen MR) is 351 cm³/mol. The molecule has 1 aliphatic heterocycles. The molecule has 0 saturated heterocycles. The molecule has 6 amide bonds. The monoisotopic (exact) mass is 1660 g/mol. The Bertz CT molecular complexity index is 4360. The Labute approximate surface area is 621 Å². The van der Waals surface area contributed by atoms with Gasteiger partial charge in [-0.1, -0.05) is 29.3 Å². The third kappa shape index (κ3) is 35.6. The largest absolute Gasteiger partial charge is 0.573 e. The Morgan fingerprint density at radius 3 is 1.22 bits per heavy atom. The van der Waals surface area contributed by atoms with Crippen LogP contribution in [-0.2, 0) is 39.7 Å². The minimum absolute atomic E-state index is 0.00573. The van der Waals surface area contributed by atoms with E-state index < -0.39 is 137 Å². The summed E-state index contributed by atoms with van der Waals surface area (Å²) in [6, 6.07) is 14.2. The Morgan fingerprint density at radius 1 is 0.405 bits per heavy atom. The van der Waals surface area contributed by atoms with E-state index in [1.165, 1.54) is 84.5 Å². The first kappa shape index (κ1) is 95.5. The fraction of sp³-hybridized carbons (Fsp3) is 0.297. The van der Waals surface area contributed by atoms with E-state index in [1.807, 2.05) is 5.32 Å². The number of benzene rings is 6. The third-order valence-corrected chi connectivity index (χ3v) is 12.5. The molecule has 0 bridgehead atoms. The first-order valence-corrected chi connectivity index (χ1v) is 30.1. The highest BCUT2D eigenvalue weighted by Crippen LogP contribution is 2.47. The zero-order valence-corrected chi connectivity index (χ0v) is 59.5. The molecule has 1 aliphatic rings. The fourth-order valence-electron chi connectivity index (χ4n) is 8.00. The quantitative estimate of drug-likeness (QED) is 0.0411. The number of nitrogens with one attached hydrogen (secondary N) is 6. The van der Waals surface area contributed by atoms with Gasteiger partial charge in [-0.3, -0.25) is 38.6 Å². The summed E-state index contributed by atoms with van der Waals surface area (Å²) in [5.74, 6) is -7.91. The van der Waals surface area contributed by atoms with E-state index >= 15 is 0 Å². The molecule has 24 nitrogen and oxygen atoms in total. The summed E-state index contributed by atoms with van der Waals surface area (Å²) in [6.45, 7) is 9.53. The number of carbonyl (C=O) groups excluding carboxylic acids is 8. The van der Waals surface area contributed by atoms with Crippen molar-refractivity contribution in [2.24, 2.45) is 4.99 Å². The predicted octanol–water partition coefficient (Wildman–Crippen LogP) is 18.3. The molecule has 610 valence electrons. The van der Waals surface area contributed by atoms with Crippen LogP contribution in [0.4, 0.5) is 132 Å². The van der Waals surface area contributed by atoms with Crippen molar-refractivity contribution in [2.75, 3.05) is 53.2 Å². The van der Waals surface area contributed by atoms with Crippen molar-refractivity contribution in [1.82, 2.24) is 0 Å². The zero-order valence-electron chi connectivity index (χ0n) is 57.9. The van der Waals surface area contributed by atoms with Gasteiger partial charge in [0.2, 0.25) is 35.4 Å². The molecule has 47 heteroatoms. The lowest BCUT2D eigenvalue weighted by molar-refractivity contribution is -0.275. The zero-order chi connectivity index (χ0) is 85.4. The smallest absolute Gasteiger partial charge is 0.497 e. The van der Waals surface area contributed by atoms with Crippen LogP contribution < -0.4 is 69.8 Å². The molecular formula is C64H56Cl2F21N7O17. The van der Waals surface area contributed by atoms with Crippen LogP contribution in [0.25, 0.3) is 0 Å². The van der Waals surface area contributed by atoms with Gasteiger partial charge in [0.05, 0.1) is 70.9 Å². The normalized spacial score (nSPS) is 11.7. The van der Waals surface area contributed by atoms with Gasteiger partial charge in [0.15, 0.2) is 40.3 Å². The summed E-state index contributed by atoms with van der Waals surface area (Å²) in [5, 5.41) is 12.5. The van der Waals surface area contributed by atoms with Crippen LogP contribution in [0.2, 0.25) is 10.0 Å². The SMILES string of the molecule is CC(=O)Nc1c(Cl)ccc(C)c1OC(F)(F)F.CC(=O)Nc1c(OC(F)(F)F)cc2c(c1Cl)N=CCC2=O.CC(=O)Nc1cc(C(F)(F)F)ccc1OC(F)(F)F.COC(=O)c1ccc(OC(F)(F)F)c(NC(C)=O)c1.COc1cc(C)c(OC(F)(F)F)c(NC(C)=O)c1.COc1ccc(OC(F)(F)F)c(NC(C)=O)c1. The topological polar surface area (TPSA) is 304 Å². The number of anilines is 6. The number of esters is 1. The second-order valence-corrected chi connectivity index (χ2v) is 21.7. The van der Waals surface area contributed by atoms with Crippen LogP contribution in [0.3, 0.4) is 0 Å². The Kier molecular flexibility index (Phi) is 34.6. The summed E-state index contributed by atoms with van der Waals surface area (Å²) in [6.07, 6.45) is -33.0. The van der Waals surface area contributed by atoms with Crippen LogP contribution in [0.15, 0.2) is 89.9 Å². The number of hydrogen-bond donors (Lipinski definition) is 6. The summed E-state index contributed by atoms with van der Waals surface area (Å²) >= 11 is 11.7. The molecule has 1 heterocycles. The molecule has 0 radical (unpaired) electrons. The molecular weight excluding hydrogens is 1610 g/mol. The Balaban J connectivity index is 0.000000453. The number of Topliss-reactive ketones (excluding diaryl/α,β-unsaturated/α-hetero) is 1. The van der Waals surface area contributed by atoms with Gasteiger partial charge in [-0.25, -0.2) is 4.79 Å². The van der Waals surface area contributed by atoms with Crippen LogP contribution >= 0.6 is 23.2 Å². The summed E-state index contributed by atoms with van der Waals surface area (Å²) < 4.78 is 293. The summed E-state index contributed by atoms with van der Waals surface area (Å²) in [4.78, 5) is 92.3. The molecule has 6 aromatic carbocycles. The lowest BCUT2D eigenvalue weighted by atomic mass is 10.0. The highest BCUT2D eigenvalue weighted by molar-refractivity contribution is 6.38. The number of carbonyl (C=O) groups is 8. The number of ether oxygens (including phenoxy) is 9. The van der Waals surface area contributed by atoms with Crippen molar-refractivity contribution in [3.8, 4) is 46.0 Å². The number of hydrogen-bond acceptors (Lipinski definition) is 18. The van der Waals surface area contributed by atoms with E-state index in [0.717, 1.165) is 65.1 Å². The van der Waals surface area contributed by atoms with Crippen molar-refractivity contribution in [3.63, 3.8) is 0 Å². The highest BCUT2D eigenvalue weighted by Gasteiger charge is 2.39. The van der Waals surface area contributed by atoms with Crippen LogP contribution in [-0.4, -0.2) is 113 Å². The lowest BCUT2D eigenvalue weighted by Gasteiger charge is -2.19. The van der Waals surface area contributed by atoms with E-state index in [1.54, 1.807) is 0 Å². The summed E-state index contributed by atoms with van der Waals surface area (Å²) in [7, 11) is 3.86. The first-order valence-electron chi connectivity index (χ1n) is 29.4. The van der Waals surface area contributed by atoms with E-state index in [-0.39, 0.29) is 72.8 Å². The molecule has 0 aliphatic carbocycles. The Hall–Kier alpha value is -11.5. The van der Waals surface area contributed by atoms with Crippen LogP contribution in [0.5, 0.6) is 46.0 Å². The lowest BCUT2D eigenvalue weighted by Crippen LogP contribution is -2.20. The molecule has 0 unspecified atom stereocenters. The minimum atomic E-state index is -5.08. The molecule has 0 spiro atoms. The summed E-state index contributed by atoms with van der Waals surface area (Å²) in [5.41, 5.74) is -2.61. The van der Waals surface area contributed by atoms with Crippen LogP contribution in [0.1, 0.15) is 85.4 Å². The molecule has 0 saturated carbocycles. The third-order valence-electron chi connectivity index (χ3n) is 11.9. The number of aliphatic imine (C=N–C) groups is 1. The number of methoxy groups -OCH3 is 3. The van der Waals surface area contributed by atoms with Gasteiger partial charge in [0.1, 0.15) is 22.9 Å². The van der Waals surface area contributed by atoms with Gasteiger partial charge in [-0.05, 0) is 91.7 Å². The second-order valence-electron chi connectivity index (χ2n) is 20.9. The van der Waals surface area contributed by atoms with Crippen molar-refractivity contribution in [1.29, 1.82) is 0 Å². The molecule has 0 atom stereocenters. The van der Waals surface area contributed by atoms with E-state index in [0.29, 0.717) is 29.7 Å². The molecule has 7 rings (SSSR count). The minimum Gasteiger partial charge on any atom is -0.497 e. The standard InChI is InChI=1S/C12H8ClF3N2O3.C11H10F3NO4.C11H12F3NO3.C10H9ClF3NO2.C10H7F6NO2.C10H10F3NO3/c1-5(19)18-11-8(21-12(14,15)16)4-6-7(20)2-3-17-10(6)9(11)13;1-6(16)15-8-5-7(10(17)18-2)3-4-9(8)19-11(12,13)14;1-6-4-8(17-3)5-9(15-7(2)16)10(6)18-11(12,13)14;1-5-3-4-7(11)8(15-6(2)16)9(5)17-10(12,13)14;1-5(18)17-7-4-6(9(11,12)13)2-3-8(7)19-10(14,15)16;1-6(15)14-8-5-7(16-2)3-4-9(8)17-10(11,12)13/h3-4H,2H2,1H3,(H,18,19);3-5H,1-2H3,(H,15,16);4-5H,1-3H3,(H,15,16);3-4H,1-2H3,(H,15,16);2-4H,1H3,(H,17,18);3-5H,1-2H3,(H,14,15). The molecule has 111 heavy (non-hydrogen) atoms. The van der Waals surface area contributed by atoms with Gasteiger partial charge in [0.25, 0.3) is 0 Å². The maximum Gasteiger partial charge on any atom is 0.573 e. The highest BCUT2D eigenvalue weighted by atomic mass is 35.5. The van der Waals surface area contributed by atoms with Gasteiger partial charge >= 0.3 is 50.3 Å². The number of fused-ring (bicyclic) bond motifs is 1. The van der Waals surface area contributed by atoms with E-state index in [9.17, 15) is 131 Å². The number of alkyl halides is 21. The maximum atomic E-state index is 12.4. The molecule has 0 fully saturated rings. The number of rotatable bonds is 15. The number of aryl methyl sites for hydroxylation is 2. The van der Waals surface area contributed by atoms with Crippen molar-refractivity contribution < 1.29 is 173 Å². The van der Waals surface area contributed by atoms with Crippen molar-refractivity contribution in [2.45, 2.75) is 106 Å². The Morgan fingerprint density at radius 2 is 0.793 bits per heavy atom. The molecule has 6 N–H and O–H groups in total. The van der Waals surface area contributed by atoms with Gasteiger partial charge in [-0.15, -0.1) is 79.0 Å². The molecule has 0 aromatic heterocycles. The van der Waals surface area contributed by atoms with Crippen molar-refractivity contribution >= 4 is 116 Å². The molecule has 6 aromatic rings. The number of ketones is 1. The van der Waals surface area contributed by atoms with Gasteiger partial charge in [0, 0.05) is 71.9 Å². The number of halogens is 23. The average Bonchev–Trinajstić information content (AvgIpc) is 0.775. The van der Waals surface area contributed by atoms with Gasteiger partial charge < -0.3 is 74.5 Å². The number of amides is 6. The number of nitrogens with zero attached hydrogens (tertiary/aromatic N) is 1. The second kappa shape index (κ2) is 40.2. The fourth-order valence-corrected chi connectivity index (χ4v) is 8.48. The van der Waals surface area contributed by atoms with E-state index in [2.05, 4.69) is 64.7 Å². The average molecular weight is 1670 g/mol. The van der Waals surface area contributed by atoms with Crippen LogP contribution in [0, 0.1) is 13.8 Å². The first-order chi connectivity index (χ1) is 50.6. The maximum absolute atomic E-state index is 12.4. The van der Waals surface area contributed by atoms with Crippen molar-refractivity contribution in [3.05, 3.63) is 123 Å².